The molecule has 2 aromatic rings. The van der Waals surface area contributed by atoms with Crippen LogP contribution < -0.4 is 9.80 Å². The van der Waals surface area contributed by atoms with Gasteiger partial charge in [-0.3, -0.25) is 4.79 Å². The van der Waals surface area contributed by atoms with Gasteiger partial charge in [0.1, 0.15) is 0 Å². The van der Waals surface area contributed by atoms with Crippen LogP contribution in [0.25, 0.3) is 0 Å². The number of fused-ring (bicyclic) bond motifs is 3. The number of hydrogen-bond acceptors (Lipinski definition) is 3. The summed E-state index contributed by atoms with van der Waals surface area (Å²) in [6, 6.07) is 15.9. The van der Waals surface area contributed by atoms with Crippen molar-refractivity contribution in [3.63, 3.8) is 0 Å². The lowest BCUT2D eigenvalue weighted by Gasteiger charge is -2.40. The Morgan fingerprint density at radius 3 is 2.48 bits per heavy atom. The van der Waals surface area contributed by atoms with Crippen LogP contribution in [0.1, 0.15) is 22.3 Å². The smallest absolute Gasteiger partial charge is 0.258 e. The van der Waals surface area contributed by atoms with Gasteiger partial charge in [0.25, 0.3) is 5.91 Å². The summed E-state index contributed by atoms with van der Waals surface area (Å²) >= 11 is 0. The van der Waals surface area contributed by atoms with Crippen molar-refractivity contribution in [2.75, 3.05) is 22.9 Å². The third-order valence-electron chi connectivity index (χ3n) is 4.81. The van der Waals surface area contributed by atoms with Gasteiger partial charge in [0.05, 0.1) is 17.5 Å². The van der Waals surface area contributed by atoms with Crippen LogP contribution >= 0.6 is 0 Å². The average Bonchev–Trinajstić information content (AvgIpc) is 2.95. The molecule has 0 spiro atoms. The van der Waals surface area contributed by atoms with Gasteiger partial charge in [0.15, 0.2) is 0 Å². The average molecular weight is 308 g/mol. The van der Waals surface area contributed by atoms with Gasteiger partial charge in [0.2, 0.25) is 0 Å². The van der Waals surface area contributed by atoms with E-state index < -0.39 is 0 Å². The van der Waals surface area contributed by atoms with Gasteiger partial charge in [-0.25, -0.2) is 0 Å². The minimum atomic E-state index is -0.317. The second-order valence-electron chi connectivity index (χ2n) is 6.47. The Hall–Kier alpha value is -2.33. The number of aliphatic hydroxyl groups is 1. The summed E-state index contributed by atoms with van der Waals surface area (Å²) in [6.07, 6.45) is 0.397. The van der Waals surface area contributed by atoms with Gasteiger partial charge in [0, 0.05) is 24.7 Å². The zero-order valence-electron chi connectivity index (χ0n) is 13.1. The van der Waals surface area contributed by atoms with Crippen molar-refractivity contribution in [3.8, 4) is 0 Å². The number of amides is 1. The summed E-state index contributed by atoms with van der Waals surface area (Å²) in [6.45, 7) is 3.29. The molecule has 1 amide bonds. The van der Waals surface area contributed by atoms with Crippen molar-refractivity contribution in [1.82, 2.24) is 0 Å². The Balaban J connectivity index is 1.73. The highest BCUT2D eigenvalue weighted by Gasteiger charge is 2.39. The van der Waals surface area contributed by atoms with E-state index in [-0.39, 0.29) is 18.1 Å². The molecule has 1 fully saturated rings. The van der Waals surface area contributed by atoms with E-state index in [4.69, 9.17) is 0 Å². The molecule has 2 atom stereocenters. The largest absolute Gasteiger partial charge is 0.391 e. The van der Waals surface area contributed by atoms with Crippen LogP contribution in [0.3, 0.4) is 0 Å². The number of para-hydroxylation sites is 2. The highest BCUT2D eigenvalue weighted by Crippen LogP contribution is 2.39. The lowest BCUT2D eigenvalue weighted by molar-refractivity contribution is 0.0983. The number of hydrogen-bond donors (Lipinski definition) is 1. The second kappa shape index (κ2) is 5.39. The van der Waals surface area contributed by atoms with E-state index in [0.717, 1.165) is 16.9 Å². The van der Waals surface area contributed by atoms with E-state index in [2.05, 4.69) is 4.90 Å². The zero-order chi connectivity index (χ0) is 16.0. The van der Waals surface area contributed by atoms with Gasteiger partial charge in [-0.05, 0) is 37.6 Å². The molecule has 23 heavy (non-hydrogen) atoms. The maximum Gasteiger partial charge on any atom is 0.258 e. The van der Waals surface area contributed by atoms with Crippen molar-refractivity contribution >= 4 is 17.3 Å². The number of nitrogens with zero attached hydrogens (tertiary/aromatic N) is 2. The molecule has 0 saturated carbocycles. The fourth-order valence-electron chi connectivity index (χ4n) is 3.65. The molecule has 1 N–H and O–H groups in total. The molecule has 2 aliphatic rings. The molecule has 0 bridgehead atoms. The molecule has 2 aromatic carbocycles. The number of aryl methyl sites for hydroxylation is 1. The molecule has 2 heterocycles. The normalized spacial score (nSPS) is 22.7. The quantitative estimate of drug-likeness (QED) is 0.880. The van der Waals surface area contributed by atoms with E-state index in [1.54, 1.807) is 0 Å². The van der Waals surface area contributed by atoms with Crippen LogP contribution in [0, 0.1) is 6.92 Å². The third kappa shape index (κ3) is 2.39. The van der Waals surface area contributed by atoms with Crippen molar-refractivity contribution in [1.29, 1.82) is 0 Å². The first-order valence-electron chi connectivity index (χ1n) is 8.06. The van der Waals surface area contributed by atoms with E-state index in [0.29, 0.717) is 25.1 Å². The first-order valence-corrected chi connectivity index (χ1v) is 8.06. The van der Waals surface area contributed by atoms with Crippen LogP contribution in [-0.2, 0) is 0 Å². The first-order chi connectivity index (χ1) is 11.1. The molecule has 2 aliphatic heterocycles. The monoisotopic (exact) mass is 308 g/mol. The minimum Gasteiger partial charge on any atom is -0.391 e. The first kappa shape index (κ1) is 14.3. The Kier molecular flexibility index (Phi) is 3.34. The molecule has 4 heteroatoms. The molecule has 0 aromatic heterocycles. The van der Waals surface area contributed by atoms with E-state index in [1.165, 1.54) is 0 Å². The molecule has 4 rings (SSSR count). The van der Waals surface area contributed by atoms with Gasteiger partial charge < -0.3 is 14.9 Å². The predicted octanol–water partition coefficient (Wildman–Crippen LogP) is 2.60. The van der Waals surface area contributed by atoms with Crippen LogP contribution in [0.2, 0.25) is 0 Å². The number of benzene rings is 2. The van der Waals surface area contributed by atoms with E-state index in [1.807, 2.05) is 60.4 Å². The molecule has 0 radical (unpaired) electrons. The Morgan fingerprint density at radius 1 is 1.04 bits per heavy atom. The van der Waals surface area contributed by atoms with Crippen LogP contribution in [0.15, 0.2) is 48.5 Å². The molecular weight excluding hydrogens is 288 g/mol. The third-order valence-corrected chi connectivity index (χ3v) is 4.81. The fourth-order valence-corrected chi connectivity index (χ4v) is 3.65. The predicted molar refractivity (Wildman–Crippen MR) is 91.1 cm³/mol. The van der Waals surface area contributed by atoms with Crippen LogP contribution in [0.5, 0.6) is 0 Å². The molecule has 0 unspecified atom stereocenters. The second-order valence-corrected chi connectivity index (χ2v) is 6.47. The van der Waals surface area contributed by atoms with Crippen molar-refractivity contribution in [2.45, 2.75) is 25.5 Å². The Bertz CT molecular complexity index is 741. The summed E-state index contributed by atoms with van der Waals surface area (Å²) in [7, 11) is 0. The molecule has 1 saturated heterocycles. The summed E-state index contributed by atoms with van der Waals surface area (Å²) in [5, 5.41) is 10.0. The summed E-state index contributed by atoms with van der Waals surface area (Å²) in [5.74, 6) is 0.0264. The number of rotatable bonds is 1. The molecule has 0 aliphatic carbocycles. The van der Waals surface area contributed by atoms with E-state index in [9.17, 15) is 9.90 Å². The van der Waals surface area contributed by atoms with Crippen LogP contribution in [0.4, 0.5) is 11.4 Å². The lowest BCUT2D eigenvalue weighted by atomic mass is 10.1. The molecular formula is C19H20N2O2. The number of carbonyl (C=O) groups is 1. The molecule has 4 nitrogen and oxygen atoms in total. The highest BCUT2D eigenvalue weighted by atomic mass is 16.3. The van der Waals surface area contributed by atoms with Gasteiger partial charge in [-0.1, -0.05) is 29.8 Å². The Morgan fingerprint density at radius 2 is 1.74 bits per heavy atom. The number of anilines is 2. The van der Waals surface area contributed by atoms with Crippen molar-refractivity contribution in [3.05, 3.63) is 59.7 Å². The number of aliphatic hydroxyl groups excluding tert-OH is 1. The maximum atomic E-state index is 13.0. The standard InChI is InChI=1S/C19H20N2O2/c1-13-6-8-14(9-7-13)19(23)21-11-15-10-16(22)12-20(15)17-4-2-3-5-18(17)21/h2-9,15-16,22H,10-12H2,1H3/t15-,16+/m1/s1. The highest BCUT2D eigenvalue weighted by molar-refractivity contribution is 6.08. The SMILES string of the molecule is Cc1ccc(C(=O)N2C[C@H]3C[C@H](O)CN3c3ccccc32)cc1. The number of carbonyl (C=O) groups excluding carboxylic acids is 1. The minimum absolute atomic E-state index is 0.0264. The van der Waals surface area contributed by atoms with Gasteiger partial charge >= 0.3 is 0 Å². The van der Waals surface area contributed by atoms with Crippen LogP contribution in [-0.4, -0.2) is 36.2 Å². The fraction of sp³-hybridized carbons (Fsp3) is 0.316. The summed E-state index contributed by atoms with van der Waals surface area (Å²) in [4.78, 5) is 17.1. The zero-order valence-corrected chi connectivity index (χ0v) is 13.1. The Labute approximate surface area is 136 Å². The topological polar surface area (TPSA) is 43.8 Å². The van der Waals surface area contributed by atoms with Crippen molar-refractivity contribution < 1.29 is 9.90 Å². The summed E-state index contributed by atoms with van der Waals surface area (Å²) < 4.78 is 0. The summed E-state index contributed by atoms with van der Waals surface area (Å²) in [5.41, 5.74) is 3.83. The van der Waals surface area contributed by atoms with Crippen molar-refractivity contribution in [2.24, 2.45) is 0 Å². The van der Waals surface area contributed by atoms with Gasteiger partial charge in [-0.2, -0.15) is 0 Å². The lowest BCUT2D eigenvalue weighted by Crippen LogP contribution is -2.48. The molecule has 118 valence electrons. The van der Waals surface area contributed by atoms with E-state index >= 15 is 0 Å². The maximum absolute atomic E-state index is 13.0. The van der Waals surface area contributed by atoms with Gasteiger partial charge in [-0.15, -0.1) is 0 Å².